The van der Waals surface area contributed by atoms with Crippen molar-refractivity contribution in [3.63, 3.8) is 0 Å². The average Bonchev–Trinajstić information content (AvgIpc) is 3.08. The van der Waals surface area contributed by atoms with Crippen LogP contribution in [0.25, 0.3) is 10.9 Å². The number of aromatic nitrogens is 1. The first-order valence-electron chi connectivity index (χ1n) is 8.61. The van der Waals surface area contributed by atoms with Crippen LogP contribution in [0.4, 0.5) is 13.2 Å². The highest BCUT2D eigenvalue weighted by atomic mass is 19.4. The molecule has 3 aromatic rings. The van der Waals surface area contributed by atoms with Gasteiger partial charge in [0, 0.05) is 35.2 Å². The van der Waals surface area contributed by atoms with Gasteiger partial charge in [0.15, 0.2) is 5.78 Å². The molecule has 0 spiro atoms. The molecule has 0 aliphatic rings. The molecule has 3 rings (SSSR count). The fraction of sp³-hybridized carbons (Fsp3) is 0.250. The molecule has 0 atom stereocenters. The first kappa shape index (κ1) is 20.5. The molecule has 0 unspecified atom stereocenters. The number of methoxy groups -OCH3 is 1. The van der Waals surface area contributed by atoms with Crippen LogP contribution >= 0.6 is 0 Å². The van der Waals surface area contributed by atoms with Crippen LogP contribution in [0.2, 0.25) is 0 Å². The average molecular weight is 409 g/mol. The summed E-state index contributed by atoms with van der Waals surface area (Å²) in [6.07, 6.45) is -3.39. The molecule has 0 saturated heterocycles. The van der Waals surface area contributed by atoms with E-state index in [2.05, 4.69) is 9.72 Å². The highest BCUT2D eigenvalue weighted by Gasteiger charge is 2.31. The molecule has 29 heavy (non-hydrogen) atoms. The van der Waals surface area contributed by atoms with Crippen LogP contribution in [-0.2, 0) is 6.42 Å². The monoisotopic (exact) mass is 409 g/mol. The number of ether oxygens (including phenoxy) is 3. The van der Waals surface area contributed by atoms with Gasteiger partial charge in [-0.05, 0) is 35.9 Å². The number of aromatic amines is 1. The maximum absolute atomic E-state index is 12.8. The molecule has 0 aliphatic carbocycles. The van der Waals surface area contributed by atoms with Crippen LogP contribution in [-0.4, -0.2) is 42.6 Å². The summed E-state index contributed by atoms with van der Waals surface area (Å²) in [7, 11) is 1.47. The SMILES string of the molecule is COc1cc(CC(=O)c2c[nH]c3ccc(OC(F)(F)F)cc23)cc(OCCO)c1. The zero-order valence-electron chi connectivity index (χ0n) is 15.4. The molecule has 0 aliphatic heterocycles. The Kier molecular flexibility index (Phi) is 5.97. The summed E-state index contributed by atoms with van der Waals surface area (Å²) in [5.74, 6) is 0.200. The molecule has 0 bridgehead atoms. The number of fused-ring (bicyclic) bond motifs is 1. The van der Waals surface area contributed by atoms with Gasteiger partial charge in [-0.1, -0.05) is 0 Å². The highest BCUT2D eigenvalue weighted by molar-refractivity contribution is 6.08. The van der Waals surface area contributed by atoms with Crippen molar-refractivity contribution in [2.24, 2.45) is 0 Å². The number of hydrogen-bond donors (Lipinski definition) is 2. The van der Waals surface area contributed by atoms with Crippen molar-refractivity contribution in [3.05, 3.63) is 53.7 Å². The molecule has 0 fully saturated rings. The van der Waals surface area contributed by atoms with Gasteiger partial charge in [-0.2, -0.15) is 0 Å². The Bertz CT molecular complexity index is 1010. The predicted octanol–water partition coefficient (Wildman–Crippen LogP) is 3.87. The molecule has 6 nitrogen and oxygen atoms in total. The topological polar surface area (TPSA) is 80.8 Å². The summed E-state index contributed by atoms with van der Waals surface area (Å²) in [6.45, 7) is -0.0753. The van der Waals surface area contributed by atoms with Crippen LogP contribution in [0.5, 0.6) is 17.2 Å². The molecular formula is C20H18F3NO5. The number of H-pyrrole nitrogens is 1. The minimum atomic E-state index is -4.82. The van der Waals surface area contributed by atoms with E-state index in [1.165, 1.54) is 31.5 Å². The van der Waals surface area contributed by atoms with Crippen molar-refractivity contribution < 1.29 is 37.3 Å². The number of ketones is 1. The standard InChI is InChI=1S/C20H18F3NO5/c1-27-14-6-12(7-15(9-14)28-5-4-25)8-19(26)17-11-24-18-3-2-13(10-16(17)18)29-20(21,22)23/h2-3,6-7,9-11,24-25H,4-5,8H2,1H3. The fourth-order valence-electron chi connectivity index (χ4n) is 2.91. The summed E-state index contributed by atoms with van der Waals surface area (Å²) < 4.78 is 51.9. The van der Waals surface area contributed by atoms with Crippen LogP contribution in [0.15, 0.2) is 42.6 Å². The number of aliphatic hydroxyl groups excluding tert-OH is 1. The third kappa shape index (κ3) is 5.20. The lowest BCUT2D eigenvalue weighted by atomic mass is 10.0. The van der Waals surface area contributed by atoms with Gasteiger partial charge in [0.1, 0.15) is 23.9 Å². The quantitative estimate of drug-likeness (QED) is 0.552. The van der Waals surface area contributed by atoms with Gasteiger partial charge in [-0.3, -0.25) is 4.79 Å². The number of aliphatic hydroxyl groups is 1. The first-order valence-corrected chi connectivity index (χ1v) is 8.61. The molecule has 0 amide bonds. The van der Waals surface area contributed by atoms with Gasteiger partial charge in [-0.25, -0.2) is 0 Å². The second-order valence-electron chi connectivity index (χ2n) is 6.15. The summed E-state index contributed by atoms with van der Waals surface area (Å²) >= 11 is 0. The van der Waals surface area contributed by atoms with E-state index in [4.69, 9.17) is 14.6 Å². The number of alkyl halides is 3. The smallest absolute Gasteiger partial charge is 0.497 e. The third-order valence-electron chi connectivity index (χ3n) is 4.09. The van der Waals surface area contributed by atoms with Crippen molar-refractivity contribution >= 4 is 16.7 Å². The van der Waals surface area contributed by atoms with E-state index in [1.807, 2.05) is 0 Å². The second kappa shape index (κ2) is 8.44. The van der Waals surface area contributed by atoms with E-state index in [9.17, 15) is 18.0 Å². The molecule has 0 saturated carbocycles. The van der Waals surface area contributed by atoms with E-state index >= 15 is 0 Å². The van der Waals surface area contributed by atoms with Crippen molar-refractivity contribution in [1.82, 2.24) is 4.98 Å². The Balaban J connectivity index is 1.87. The number of rotatable bonds is 8. The maximum atomic E-state index is 12.8. The molecule has 1 aromatic heterocycles. The molecule has 2 aromatic carbocycles. The van der Waals surface area contributed by atoms with Crippen molar-refractivity contribution in [2.45, 2.75) is 12.8 Å². The lowest BCUT2D eigenvalue weighted by Gasteiger charge is -2.10. The first-order chi connectivity index (χ1) is 13.8. The van der Waals surface area contributed by atoms with Crippen molar-refractivity contribution in [2.75, 3.05) is 20.3 Å². The number of carbonyl (C=O) groups is 1. The number of benzene rings is 2. The fourth-order valence-corrected chi connectivity index (χ4v) is 2.91. The minimum Gasteiger partial charge on any atom is -0.497 e. The van der Waals surface area contributed by atoms with Crippen LogP contribution in [0.1, 0.15) is 15.9 Å². The maximum Gasteiger partial charge on any atom is 0.573 e. The Morgan fingerprint density at radius 3 is 2.55 bits per heavy atom. The van der Waals surface area contributed by atoms with Crippen LogP contribution in [0, 0.1) is 0 Å². The number of hydrogen-bond acceptors (Lipinski definition) is 5. The molecule has 2 N–H and O–H groups in total. The number of Topliss-reactive ketones (excluding diaryl/α,β-unsaturated/α-hetero) is 1. The predicted molar refractivity (Wildman–Crippen MR) is 98.6 cm³/mol. The zero-order valence-corrected chi connectivity index (χ0v) is 15.4. The Morgan fingerprint density at radius 1 is 1.10 bits per heavy atom. The summed E-state index contributed by atoms with van der Waals surface area (Å²) in [5.41, 5.74) is 1.35. The summed E-state index contributed by atoms with van der Waals surface area (Å²) in [5, 5.41) is 9.22. The van der Waals surface area contributed by atoms with Gasteiger partial charge in [0.2, 0.25) is 0 Å². The number of halogens is 3. The van der Waals surface area contributed by atoms with Gasteiger partial charge < -0.3 is 24.3 Å². The second-order valence-corrected chi connectivity index (χ2v) is 6.15. The van der Waals surface area contributed by atoms with Crippen molar-refractivity contribution in [1.29, 1.82) is 0 Å². The zero-order chi connectivity index (χ0) is 21.0. The van der Waals surface area contributed by atoms with Crippen LogP contribution in [0.3, 0.4) is 0 Å². The number of carbonyl (C=O) groups excluding carboxylic acids is 1. The lowest BCUT2D eigenvalue weighted by molar-refractivity contribution is -0.274. The highest BCUT2D eigenvalue weighted by Crippen LogP contribution is 2.29. The largest absolute Gasteiger partial charge is 0.573 e. The molecular weight excluding hydrogens is 391 g/mol. The summed E-state index contributed by atoms with van der Waals surface area (Å²) in [6, 6.07) is 8.69. The van der Waals surface area contributed by atoms with E-state index in [0.717, 1.165) is 0 Å². The molecule has 9 heteroatoms. The number of nitrogens with one attached hydrogen (secondary N) is 1. The normalized spacial score (nSPS) is 11.5. The van der Waals surface area contributed by atoms with Gasteiger partial charge in [0.05, 0.1) is 13.7 Å². The Labute approximate surface area is 163 Å². The van der Waals surface area contributed by atoms with Crippen molar-refractivity contribution in [3.8, 4) is 17.2 Å². The van der Waals surface area contributed by atoms with E-state index in [-0.39, 0.29) is 31.0 Å². The van der Waals surface area contributed by atoms with E-state index < -0.39 is 12.1 Å². The molecule has 154 valence electrons. The van der Waals surface area contributed by atoms with Gasteiger partial charge >= 0.3 is 6.36 Å². The van der Waals surface area contributed by atoms with E-state index in [0.29, 0.717) is 28.0 Å². The minimum absolute atomic E-state index is 0.0238. The molecule has 1 heterocycles. The van der Waals surface area contributed by atoms with E-state index in [1.54, 1.807) is 18.2 Å². The van der Waals surface area contributed by atoms with Gasteiger partial charge in [0.25, 0.3) is 0 Å². The van der Waals surface area contributed by atoms with Gasteiger partial charge in [-0.15, -0.1) is 13.2 Å². The molecule has 0 radical (unpaired) electrons. The summed E-state index contributed by atoms with van der Waals surface area (Å²) in [4.78, 5) is 15.7. The lowest BCUT2D eigenvalue weighted by Crippen LogP contribution is -2.17. The Morgan fingerprint density at radius 2 is 1.86 bits per heavy atom. The van der Waals surface area contributed by atoms with Crippen LogP contribution < -0.4 is 14.2 Å². The Hall–Kier alpha value is -3.20. The third-order valence-corrected chi connectivity index (χ3v) is 4.09.